The number of anilines is 1. The molecule has 1 aromatic carbocycles. The summed E-state index contributed by atoms with van der Waals surface area (Å²) in [6.45, 7) is 4.20. The molecule has 1 N–H and O–H groups in total. The van der Waals surface area contributed by atoms with Crippen molar-refractivity contribution in [2.24, 2.45) is 0 Å². The Kier molecular flexibility index (Phi) is 5.47. The highest BCUT2D eigenvalue weighted by Gasteiger charge is 2.21. The van der Waals surface area contributed by atoms with Gasteiger partial charge in [-0.25, -0.2) is 0 Å². The first-order valence-electron chi connectivity index (χ1n) is 7.45. The van der Waals surface area contributed by atoms with Crippen molar-refractivity contribution in [3.63, 3.8) is 0 Å². The van der Waals surface area contributed by atoms with Crippen LogP contribution in [0.3, 0.4) is 0 Å². The van der Waals surface area contributed by atoms with Crippen LogP contribution < -0.4 is 5.32 Å². The molecule has 1 saturated heterocycles. The molecule has 1 aliphatic rings. The predicted octanol–water partition coefficient (Wildman–Crippen LogP) is 3.15. The maximum atomic E-state index is 9.26. The van der Waals surface area contributed by atoms with Crippen LogP contribution >= 0.6 is 23.1 Å². The van der Waals surface area contributed by atoms with Crippen molar-refractivity contribution in [3.05, 3.63) is 46.6 Å². The van der Waals surface area contributed by atoms with E-state index in [0.29, 0.717) is 5.56 Å². The molecular formula is C16H17ClN4OS. The largest absolute Gasteiger partial charge is 0.379 e. The minimum atomic E-state index is 0.0675. The molecule has 120 valence electrons. The minimum absolute atomic E-state index is 0.0675. The van der Waals surface area contributed by atoms with Gasteiger partial charge >= 0.3 is 0 Å². The molecule has 7 heteroatoms. The van der Waals surface area contributed by atoms with Gasteiger partial charge in [-0.1, -0.05) is 41.9 Å². The Bertz CT molecular complexity index is 679. The molecule has 5 nitrogen and oxygen atoms in total. The van der Waals surface area contributed by atoms with Crippen LogP contribution in [0.2, 0.25) is 5.15 Å². The number of halogens is 1. The van der Waals surface area contributed by atoms with Gasteiger partial charge in [-0.05, 0) is 17.1 Å². The zero-order valence-electron chi connectivity index (χ0n) is 12.5. The lowest BCUT2D eigenvalue weighted by Crippen LogP contribution is -2.40. The highest BCUT2D eigenvalue weighted by atomic mass is 35.5. The maximum absolute atomic E-state index is 9.26. The number of nitrogens with one attached hydrogen (secondary N) is 1. The first-order chi connectivity index (χ1) is 11.3. The zero-order valence-corrected chi connectivity index (χ0v) is 14.1. The average Bonchev–Trinajstić information content (AvgIpc) is 2.95. The van der Waals surface area contributed by atoms with Crippen LogP contribution in [-0.2, 0) is 4.74 Å². The van der Waals surface area contributed by atoms with Crippen LogP contribution in [0.4, 0.5) is 5.00 Å². The highest BCUT2D eigenvalue weighted by molar-refractivity contribution is 7.10. The fourth-order valence-electron chi connectivity index (χ4n) is 2.59. The van der Waals surface area contributed by atoms with Crippen molar-refractivity contribution >= 4 is 28.1 Å². The number of hydrogen-bond donors (Lipinski definition) is 1. The molecule has 1 aromatic heterocycles. The Morgan fingerprint density at radius 2 is 2.09 bits per heavy atom. The van der Waals surface area contributed by atoms with Gasteiger partial charge in [0, 0.05) is 19.6 Å². The summed E-state index contributed by atoms with van der Waals surface area (Å²) in [5.41, 5.74) is 1.59. The lowest BCUT2D eigenvalue weighted by atomic mass is 10.1. The standard InChI is InChI=1S/C16H17ClN4OS/c17-15-13(10-18)16(23-20-15)19-14(12-4-2-1-3-5-12)11-21-6-8-22-9-7-21/h1-5,14,19H,6-9,11H2/t14-/m0/s1. The van der Waals surface area contributed by atoms with E-state index in [0.717, 1.165) is 37.8 Å². The average molecular weight is 349 g/mol. The van der Waals surface area contributed by atoms with E-state index >= 15 is 0 Å². The van der Waals surface area contributed by atoms with Crippen molar-refractivity contribution < 1.29 is 4.74 Å². The quantitative estimate of drug-likeness (QED) is 0.899. The molecule has 1 aliphatic heterocycles. The van der Waals surface area contributed by atoms with Gasteiger partial charge in [0.05, 0.1) is 19.3 Å². The molecule has 2 aromatic rings. The SMILES string of the molecule is N#Cc1c(Cl)nsc1N[C@@H](CN1CCOCC1)c1ccccc1. The fourth-order valence-corrected chi connectivity index (χ4v) is 3.57. The molecule has 0 radical (unpaired) electrons. The monoisotopic (exact) mass is 348 g/mol. The van der Waals surface area contributed by atoms with E-state index in [1.165, 1.54) is 17.1 Å². The van der Waals surface area contributed by atoms with E-state index in [-0.39, 0.29) is 11.2 Å². The van der Waals surface area contributed by atoms with Crippen LogP contribution in [0.1, 0.15) is 17.2 Å². The van der Waals surface area contributed by atoms with Crippen LogP contribution in [-0.4, -0.2) is 42.1 Å². The van der Waals surface area contributed by atoms with E-state index in [2.05, 4.69) is 32.8 Å². The third-order valence-electron chi connectivity index (χ3n) is 3.81. The normalized spacial score (nSPS) is 16.7. The number of nitrogens with zero attached hydrogens (tertiary/aromatic N) is 3. The topological polar surface area (TPSA) is 61.2 Å². The Hall–Kier alpha value is -1.65. The summed E-state index contributed by atoms with van der Waals surface area (Å²) in [6, 6.07) is 12.4. The number of aromatic nitrogens is 1. The number of rotatable bonds is 5. The molecule has 0 saturated carbocycles. The van der Waals surface area contributed by atoms with Crippen molar-refractivity contribution in [2.75, 3.05) is 38.2 Å². The van der Waals surface area contributed by atoms with Gasteiger partial charge in [0.2, 0.25) is 0 Å². The lowest BCUT2D eigenvalue weighted by molar-refractivity contribution is 0.0361. The van der Waals surface area contributed by atoms with Gasteiger partial charge in [0.1, 0.15) is 16.6 Å². The summed E-state index contributed by atoms with van der Waals surface area (Å²) >= 11 is 7.20. The van der Waals surface area contributed by atoms with Crippen molar-refractivity contribution in [1.82, 2.24) is 9.27 Å². The van der Waals surface area contributed by atoms with E-state index in [1.54, 1.807) is 0 Å². The number of ether oxygens (including phenoxy) is 1. The Morgan fingerprint density at radius 1 is 1.35 bits per heavy atom. The number of benzene rings is 1. The van der Waals surface area contributed by atoms with Gasteiger partial charge in [-0.3, -0.25) is 4.90 Å². The predicted molar refractivity (Wildman–Crippen MR) is 91.9 cm³/mol. The van der Waals surface area contributed by atoms with Crippen LogP contribution in [0, 0.1) is 11.3 Å². The molecule has 1 atom stereocenters. The van der Waals surface area contributed by atoms with Crippen LogP contribution in [0.25, 0.3) is 0 Å². The summed E-state index contributed by atoms with van der Waals surface area (Å²) in [6.07, 6.45) is 0. The number of morpholine rings is 1. The van der Waals surface area contributed by atoms with Gasteiger partial charge in [-0.2, -0.15) is 9.64 Å². The summed E-state index contributed by atoms with van der Waals surface area (Å²) < 4.78 is 9.48. The smallest absolute Gasteiger partial charge is 0.162 e. The van der Waals surface area contributed by atoms with Gasteiger partial charge < -0.3 is 10.1 Å². The number of hydrogen-bond acceptors (Lipinski definition) is 6. The third kappa shape index (κ3) is 4.01. The minimum Gasteiger partial charge on any atom is -0.379 e. The van der Waals surface area contributed by atoms with E-state index in [9.17, 15) is 5.26 Å². The van der Waals surface area contributed by atoms with Crippen molar-refractivity contribution in [1.29, 1.82) is 5.26 Å². The lowest BCUT2D eigenvalue weighted by Gasteiger charge is -2.31. The van der Waals surface area contributed by atoms with Gasteiger partial charge in [-0.15, -0.1) is 0 Å². The molecule has 0 bridgehead atoms. The maximum Gasteiger partial charge on any atom is 0.162 e. The van der Waals surface area contributed by atoms with Crippen molar-refractivity contribution in [2.45, 2.75) is 6.04 Å². The molecule has 2 heterocycles. The van der Waals surface area contributed by atoms with Crippen LogP contribution in [0.5, 0.6) is 0 Å². The summed E-state index contributed by atoms with van der Waals surface area (Å²) in [4.78, 5) is 2.36. The second-order valence-electron chi connectivity index (χ2n) is 5.31. The summed E-state index contributed by atoms with van der Waals surface area (Å²) in [7, 11) is 0. The van der Waals surface area contributed by atoms with E-state index < -0.39 is 0 Å². The second kappa shape index (κ2) is 7.75. The van der Waals surface area contributed by atoms with Crippen molar-refractivity contribution in [3.8, 4) is 6.07 Å². The molecule has 0 spiro atoms. The molecule has 0 unspecified atom stereocenters. The molecule has 23 heavy (non-hydrogen) atoms. The Labute approximate surface area is 144 Å². The zero-order chi connectivity index (χ0) is 16.1. The molecule has 0 amide bonds. The Morgan fingerprint density at radius 3 is 2.78 bits per heavy atom. The first kappa shape index (κ1) is 16.2. The van der Waals surface area contributed by atoms with E-state index in [4.69, 9.17) is 16.3 Å². The van der Waals surface area contributed by atoms with Crippen LogP contribution in [0.15, 0.2) is 30.3 Å². The summed E-state index contributed by atoms with van der Waals surface area (Å²) in [5.74, 6) is 0. The molecule has 0 aliphatic carbocycles. The molecule has 1 fully saturated rings. The summed E-state index contributed by atoms with van der Waals surface area (Å²) in [5, 5.41) is 13.7. The Balaban J connectivity index is 1.81. The highest BCUT2D eigenvalue weighted by Crippen LogP contribution is 2.31. The second-order valence-corrected chi connectivity index (χ2v) is 6.44. The molecule has 3 rings (SSSR count). The molecular weight excluding hydrogens is 332 g/mol. The third-order valence-corrected chi connectivity index (χ3v) is 4.97. The van der Waals surface area contributed by atoms with Gasteiger partial charge in [0.15, 0.2) is 5.15 Å². The van der Waals surface area contributed by atoms with E-state index in [1.807, 2.05) is 18.2 Å². The number of nitriles is 1. The van der Waals surface area contributed by atoms with Gasteiger partial charge in [0.25, 0.3) is 0 Å². The first-order valence-corrected chi connectivity index (χ1v) is 8.60. The fraction of sp³-hybridized carbons (Fsp3) is 0.375.